The Kier molecular flexibility index (Phi) is 12.3. The van der Waals surface area contributed by atoms with E-state index in [2.05, 4.69) is 0 Å². The molecule has 2 rings (SSSR count). The number of carboxylic acids is 2. The fourth-order valence-corrected chi connectivity index (χ4v) is 3.25. The van der Waals surface area contributed by atoms with Gasteiger partial charge in [0.15, 0.2) is 0 Å². The van der Waals surface area contributed by atoms with Crippen LogP contribution in [-0.4, -0.2) is 39.2 Å². The van der Waals surface area contributed by atoms with E-state index in [0.29, 0.717) is 11.8 Å². The molecular formula is C16H26O4Pb. The molecule has 4 nitrogen and oxygen atoms in total. The number of carboxylic acid groups (broad SMARTS) is 2. The summed E-state index contributed by atoms with van der Waals surface area (Å²) >= 11 is 0. The minimum atomic E-state index is -0.882. The summed E-state index contributed by atoms with van der Waals surface area (Å²) in [7, 11) is 0. The van der Waals surface area contributed by atoms with Crippen LogP contribution in [0, 0.1) is 11.8 Å². The molecule has 2 saturated carbocycles. The van der Waals surface area contributed by atoms with Gasteiger partial charge in [0.25, 0.3) is 0 Å². The van der Waals surface area contributed by atoms with Crippen molar-refractivity contribution in [2.45, 2.75) is 77.0 Å². The van der Waals surface area contributed by atoms with Crippen LogP contribution in [-0.2, 0) is 9.59 Å². The third-order valence-corrected chi connectivity index (χ3v) is 4.36. The largest absolute Gasteiger partial charge is 2.00 e. The molecule has 21 heavy (non-hydrogen) atoms. The molecule has 0 aromatic carbocycles. The number of carbonyl (C=O) groups is 2. The molecule has 0 saturated heterocycles. The molecule has 0 aromatic heterocycles. The zero-order valence-electron chi connectivity index (χ0n) is 12.8. The van der Waals surface area contributed by atoms with Crippen molar-refractivity contribution in [3.05, 3.63) is 0 Å². The van der Waals surface area contributed by atoms with Gasteiger partial charge in [-0.15, -0.1) is 0 Å². The quantitative estimate of drug-likeness (QED) is 0.553. The number of hydrogen-bond donors (Lipinski definition) is 0. The maximum absolute atomic E-state index is 10.2. The van der Waals surface area contributed by atoms with Gasteiger partial charge in [-0.2, -0.15) is 0 Å². The van der Waals surface area contributed by atoms with Crippen molar-refractivity contribution < 1.29 is 19.8 Å². The molecule has 5 heteroatoms. The van der Waals surface area contributed by atoms with Crippen molar-refractivity contribution in [2.24, 2.45) is 11.8 Å². The predicted molar refractivity (Wildman–Crippen MR) is 78.2 cm³/mol. The van der Waals surface area contributed by atoms with Crippen LogP contribution in [0.25, 0.3) is 0 Å². The molecule has 0 bridgehead atoms. The van der Waals surface area contributed by atoms with E-state index in [9.17, 15) is 19.8 Å². The van der Waals surface area contributed by atoms with Gasteiger partial charge in [-0.3, -0.25) is 0 Å². The summed E-state index contributed by atoms with van der Waals surface area (Å²) in [5.41, 5.74) is 0. The second-order valence-corrected chi connectivity index (χ2v) is 6.16. The predicted octanol–water partition coefficient (Wildman–Crippen LogP) is 1.03. The smallest absolute Gasteiger partial charge is 0.550 e. The fourth-order valence-electron chi connectivity index (χ4n) is 3.25. The van der Waals surface area contributed by atoms with Gasteiger partial charge in [-0.25, -0.2) is 0 Å². The van der Waals surface area contributed by atoms with E-state index < -0.39 is 11.9 Å². The molecule has 2 aliphatic carbocycles. The Morgan fingerprint density at radius 1 is 0.667 bits per heavy atom. The second-order valence-electron chi connectivity index (χ2n) is 6.16. The van der Waals surface area contributed by atoms with Crippen LogP contribution in [0.3, 0.4) is 0 Å². The average molecular weight is 490 g/mol. The van der Waals surface area contributed by atoms with Crippen LogP contribution in [0.15, 0.2) is 0 Å². The van der Waals surface area contributed by atoms with Gasteiger partial charge in [-0.1, -0.05) is 64.2 Å². The first-order valence-electron chi connectivity index (χ1n) is 7.97. The standard InChI is InChI=1S/2C8H14O2.Pb/c2*9-8(10)6-7-4-2-1-3-5-7;/h2*7H,1-6H2,(H,9,10);/q;;+2/p-2. The van der Waals surface area contributed by atoms with Gasteiger partial charge in [0.1, 0.15) is 0 Å². The van der Waals surface area contributed by atoms with Crippen LogP contribution in [0.2, 0.25) is 0 Å². The summed E-state index contributed by atoms with van der Waals surface area (Å²) < 4.78 is 0. The zero-order chi connectivity index (χ0) is 14.8. The monoisotopic (exact) mass is 490 g/mol. The summed E-state index contributed by atoms with van der Waals surface area (Å²) in [5.74, 6) is -0.934. The van der Waals surface area contributed by atoms with E-state index in [1.165, 1.54) is 38.5 Å². The summed E-state index contributed by atoms with van der Waals surface area (Å²) in [5, 5.41) is 20.3. The maximum atomic E-state index is 10.2. The molecule has 0 atom stereocenters. The molecule has 0 heterocycles. The van der Waals surface area contributed by atoms with Crippen LogP contribution >= 0.6 is 0 Å². The molecule has 0 spiro atoms. The molecular weight excluding hydrogens is 463 g/mol. The average Bonchev–Trinajstić information content (AvgIpc) is 2.40. The van der Waals surface area contributed by atoms with Crippen LogP contribution in [0.4, 0.5) is 0 Å². The molecule has 118 valence electrons. The van der Waals surface area contributed by atoms with Crippen molar-refractivity contribution in [3.8, 4) is 0 Å². The number of hydrogen-bond acceptors (Lipinski definition) is 4. The zero-order valence-corrected chi connectivity index (χ0v) is 16.7. The van der Waals surface area contributed by atoms with Crippen molar-refractivity contribution in [3.63, 3.8) is 0 Å². The van der Waals surface area contributed by atoms with Crippen molar-refractivity contribution >= 4 is 39.2 Å². The minimum Gasteiger partial charge on any atom is -0.550 e. The molecule has 2 radical (unpaired) electrons. The van der Waals surface area contributed by atoms with E-state index in [1.807, 2.05) is 0 Å². The van der Waals surface area contributed by atoms with Crippen molar-refractivity contribution in [2.75, 3.05) is 0 Å². The first-order valence-corrected chi connectivity index (χ1v) is 7.97. The Hall–Kier alpha value is -0.138. The van der Waals surface area contributed by atoms with Gasteiger partial charge in [0.05, 0.1) is 0 Å². The second kappa shape index (κ2) is 12.4. The fraction of sp³-hybridized carbons (Fsp3) is 0.875. The van der Waals surface area contributed by atoms with Crippen molar-refractivity contribution in [1.29, 1.82) is 0 Å². The van der Waals surface area contributed by atoms with Crippen molar-refractivity contribution in [1.82, 2.24) is 0 Å². The Morgan fingerprint density at radius 2 is 0.952 bits per heavy atom. The summed E-state index contributed by atoms with van der Waals surface area (Å²) in [6.07, 6.45) is 12.3. The molecule has 0 N–H and O–H groups in total. The normalized spacial score (nSPS) is 19.8. The number of carbonyl (C=O) groups excluding carboxylic acids is 2. The SMILES string of the molecule is O=C([O-])CC1CCCCC1.O=C([O-])CC1CCCCC1.[Pb+2]. The summed E-state index contributed by atoms with van der Waals surface area (Å²) in [6, 6.07) is 0. The Morgan fingerprint density at radius 3 is 1.19 bits per heavy atom. The van der Waals surface area contributed by atoms with Crippen LogP contribution < -0.4 is 10.2 Å². The Bertz CT molecular complexity index is 265. The molecule has 0 aliphatic heterocycles. The molecule has 0 amide bonds. The van der Waals surface area contributed by atoms with Gasteiger partial charge >= 0.3 is 27.3 Å². The number of rotatable bonds is 4. The molecule has 0 aromatic rings. The molecule has 2 fully saturated rings. The van der Waals surface area contributed by atoms with Crippen LogP contribution in [0.1, 0.15) is 77.0 Å². The van der Waals surface area contributed by atoms with Crippen LogP contribution in [0.5, 0.6) is 0 Å². The summed E-state index contributed by atoms with van der Waals surface area (Å²) in [6.45, 7) is 0. The minimum absolute atomic E-state index is 0. The van der Waals surface area contributed by atoms with E-state index in [0.717, 1.165) is 25.7 Å². The third-order valence-electron chi connectivity index (χ3n) is 4.36. The van der Waals surface area contributed by atoms with Gasteiger partial charge in [0, 0.05) is 11.9 Å². The molecule has 2 aliphatic rings. The third kappa shape index (κ3) is 11.1. The Labute approximate surface area is 147 Å². The van der Waals surface area contributed by atoms with E-state index in [4.69, 9.17) is 0 Å². The topological polar surface area (TPSA) is 80.3 Å². The van der Waals surface area contributed by atoms with Gasteiger partial charge in [0.2, 0.25) is 0 Å². The van der Waals surface area contributed by atoms with Gasteiger partial charge < -0.3 is 19.8 Å². The molecule has 0 unspecified atom stereocenters. The Balaban J connectivity index is 0.000000364. The number of aliphatic carboxylic acids is 2. The van der Waals surface area contributed by atoms with Gasteiger partial charge in [-0.05, 0) is 24.7 Å². The summed E-state index contributed by atoms with van der Waals surface area (Å²) in [4.78, 5) is 20.3. The maximum Gasteiger partial charge on any atom is 2.00 e. The van der Waals surface area contributed by atoms with E-state index in [-0.39, 0.29) is 40.1 Å². The van der Waals surface area contributed by atoms with E-state index in [1.54, 1.807) is 0 Å². The first kappa shape index (κ1) is 20.9. The van der Waals surface area contributed by atoms with E-state index >= 15 is 0 Å². The first-order chi connectivity index (χ1) is 9.58.